The molecule has 0 fully saturated rings. The topological polar surface area (TPSA) is 77.2 Å². The highest BCUT2D eigenvalue weighted by Gasteiger charge is 2.16. The molecule has 1 aromatic heterocycles. The summed E-state index contributed by atoms with van der Waals surface area (Å²) in [6.07, 6.45) is -0.875. The van der Waals surface area contributed by atoms with Gasteiger partial charge in [-0.1, -0.05) is 50.3 Å². The Hall–Kier alpha value is -2.73. The number of rotatable bonds is 5. The van der Waals surface area contributed by atoms with Crippen LogP contribution >= 0.6 is 0 Å². The molecule has 3 rings (SSSR count). The van der Waals surface area contributed by atoms with Crippen LogP contribution in [0.1, 0.15) is 31.9 Å². The molecule has 0 amide bonds. The lowest BCUT2D eigenvalue weighted by molar-refractivity contribution is 0.0870. The summed E-state index contributed by atoms with van der Waals surface area (Å²) in [5.41, 5.74) is 2.58. The standard InChI is InChI=1S/C21H25N3O3/c1-14-11-15(21(2,3)4)9-10-19(14)27-13-16(25)12-24-20(26)17-7-5-6-8-18(17)22-23-24/h5-11,16,25H,12-13H2,1-4H3. The van der Waals surface area contributed by atoms with Crippen molar-refractivity contribution in [1.82, 2.24) is 15.0 Å². The van der Waals surface area contributed by atoms with Gasteiger partial charge in [0.05, 0.1) is 11.9 Å². The number of hydrogen-bond acceptors (Lipinski definition) is 5. The average molecular weight is 367 g/mol. The zero-order valence-corrected chi connectivity index (χ0v) is 16.1. The minimum absolute atomic E-state index is 0.0236. The van der Waals surface area contributed by atoms with Gasteiger partial charge in [-0.05, 0) is 41.7 Å². The fraction of sp³-hybridized carbons (Fsp3) is 0.381. The lowest BCUT2D eigenvalue weighted by Gasteiger charge is -2.21. The SMILES string of the molecule is Cc1cc(C(C)(C)C)ccc1OCC(O)Cn1nnc2ccccc2c1=O. The Morgan fingerprint density at radius 1 is 1.19 bits per heavy atom. The van der Waals surface area contributed by atoms with Crippen molar-refractivity contribution in [3.8, 4) is 5.75 Å². The molecule has 2 aromatic carbocycles. The Morgan fingerprint density at radius 3 is 2.63 bits per heavy atom. The van der Waals surface area contributed by atoms with Gasteiger partial charge in [0.2, 0.25) is 0 Å². The number of aromatic nitrogens is 3. The predicted octanol–water partition coefficient (Wildman–Crippen LogP) is 2.84. The molecule has 1 unspecified atom stereocenters. The van der Waals surface area contributed by atoms with E-state index in [9.17, 15) is 9.90 Å². The Morgan fingerprint density at radius 2 is 1.93 bits per heavy atom. The highest BCUT2D eigenvalue weighted by molar-refractivity contribution is 5.76. The fourth-order valence-corrected chi connectivity index (χ4v) is 2.86. The molecule has 0 saturated carbocycles. The van der Waals surface area contributed by atoms with E-state index in [1.807, 2.05) is 19.1 Å². The van der Waals surface area contributed by atoms with Crippen molar-refractivity contribution in [3.05, 3.63) is 63.9 Å². The van der Waals surface area contributed by atoms with Crippen molar-refractivity contribution in [1.29, 1.82) is 0 Å². The first kappa shape index (κ1) is 19.0. The minimum Gasteiger partial charge on any atom is -0.491 e. The van der Waals surface area contributed by atoms with Gasteiger partial charge in [-0.2, -0.15) is 0 Å². The summed E-state index contributed by atoms with van der Waals surface area (Å²) in [6.45, 7) is 8.56. The molecule has 27 heavy (non-hydrogen) atoms. The fourth-order valence-electron chi connectivity index (χ4n) is 2.86. The molecule has 0 saturated heterocycles. The molecule has 1 N–H and O–H groups in total. The predicted molar refractivity (Wildman–Crippen MR) is 105 cm³/mol. The molecule has 6 nitrogen and oxygen atoms in total. The van der Waals surface area contributed by atoms with Crippen LogP contribution in [0.4, 0.5) is 0 Å². The number of fused-ring (bicyclic) bond motifs is 1. The molecule has 0 bridgehead atoms. The lowest BCUT2D eigenvalue weighted by atomic mass is 9.86. The molecule has 0 spiro atoms. The molecule has 1 heterocycles. The number of ether oxygens (including phenoxy) is 1. The maximum atomic E-state index is 12.4. The summed E-state index contributed by atoms with van der Waals surface area (Å²) < 4.78 is 6.92. The van der Waals surface area contributed by atoms with Gasteiger partial charge in [0, 0.05) is 0 Å². The Bertz CT molecular complexity index is 1010. The highest BCUT2D eigenvalue weighted by atomic mass is 16.5. The van der Waals surface area contributed by atoms with Crippen molar-refractivity contribution >= 4 is 10.9 Å². The lowest BCUT2D eigenvalue weighted by Crippen LogP contribution is -2.32. The Labute approximate surface area is 158 Å². The van der Waals surface area contributed by atoms with E-state index in [0.717, 1.165) is 11.3 Å². The molecule has 6 heteroatoms. The van der Waals surface area contributed by atoms with Gasteiger partial charge in [0.25, 0.3) is 5.56 Å². The van der Waals surface area contributed by atoms with E-state index < -0.39 is 6.10 Å². The van der Waals surface area contributed by atoms with Crippen LogP contribution < -0.4 is 10.3 Å². The van der Waals surface area contributed by atoms with Gasteiger partial charge in [-0.25, -0.2) is 4.68 Å². The number of benzene rings is 2. The van der Waals surface area contributed by atoms with Crippen LogP contribution in [0.25, 0.3) is 10.9 Å². The molecule has 0 aliphatic carbocycles. The normalized spacial score (nSPS) is 12.9. The van der Waals surface area contributed by atoms with Crippen molar-refractivity contribution < 1.29 is 9.84 Å². The second-order valence-electron chi connectivity index (χ2n) is 7.79. The van der Waals surface area contributed by atoms with Gasteiger partial charge in [-0.3, -0.25) is 4.79 Å². The van der Waals surface area contributed by atoms with Crippen LogP contribution in [0, 0.1) is 6.92 Å². The van der Waals surface area contributed by atoms with E-state index in [0.29, 0.717) is 10.9 Å². The summed E-state index contributed by atoms with van der Waals surface area (Å²) in [4.78, 5) is 12.4. The minimum atomic E-state index is -0.875. The van der Waals surface area contributed by atoms with Crippen LogP contribution in [0.3, 0.4) is 0 Å². The molecule has 1 atom stereocenters. The second-order valence-corrected chi connectivity index (χ2v) is 7.79. The number of nitrogens with zero attached hydrogens (tertiary/aromatic N) is 3. The van der Waals surface area contributed by atoms with Crippen LogP contribution in [0.15, 0.2) is 47.3 Å². The van der Waals surface area contributed by atoms with Crippen LogP contribution in [0.2, 0.25) is 0 Å². The van der Waals surface area contributed by atoms with E-state index in [2.05, 4.69) is 37.1 Å². The second kappa shape index (κ2) is 7.48. The summed E-state index contributed by atoms with van der Waals surface area (Å²) >= 11 is 0. The summed E-state index contributed by atoms with van der Waals surface area (Å²) in [5.74, 6) is 0.721. The van der Waals surface area contributed by atoms with E-state index in [1.54, 1.807) is 24.3 Å². The quantitative estimate of drug-likeness (QED) is 0.750. The molecule has 0 aliphatic heterocycles. The van der Waals surface area contributed by atoms with Crippen LogP contribution in [0.5, 0.6) is 5.75 Å². The first-order chi connectivity index (χ1) is 12.8. The number of hydrogen-bond donors (Lipinski definition) is 1. The first-order valence-electron chi connectivity index (χ1n) is 9.00. The zero-order chi connectivity index (χ0) is 19.6. The maximum absolute atomic E-state index is 12.4. The number of aryl methyl sites for hydroxylation is 1. The molecule has 3 aromatic rings. The van der Waals surface area contributed by atoms with E-state index in [-0.39, 0.29) is 24.1 Å². The largest absolute Gasteiger partial charge is 0.491 e. The van der Waals surface area contributed by atoms with Gasteiger partial charge in [-0.15, -0.1) is 5.10 Å². The zero-order valence-electron chi connectivity index (χ0n) is 16.1. The van der Waals surface area contributed by atoms with Crippen molar-refractivity contribution in [3.63, 3.8) is 0 Å². The Kier molecular flexibility index (Phi) is 5.28. The van der Waals surface area contributed by atoms with Crippen molar-refractivity contribution in [2.75, 3.05) is 6.61 Å². The maximum Gasteiger partial charge on any atom is 0.277 e. The van der Waals surface area contributed by atoms with Crippen LogP contribution in [-0.4, -0.2) is 32.8 Å². The van der Waals surface area contributed by atoms with Gasteiger partial charge < -0.3 is 9.84 Å². The summed E-state index contributed by atoms with van der Waals surface area (Å²) in [7, 11) is 0. The summed E-state index contributed by atoms with van der Waals surface area (Å²) in [6, 6.07) is 13.1. The molecule has 142 valence electrons. The van der Waals surface area contributed by atoms with Gasteiger partial charge >= 0.3 is 0 Å². The molecule has 0 aliphatic rings. The van der Waals surface area contributed by atoms with Crippen molar-refractivity contribution in [2.45, 2.75) is 45.8 Å². The Balaban J connectivity index is 1.68. The van der Waals surface area contributed by atoms with Crippen LogP contribution in [-0.2, 0) is 12.0 Å². The highest BCUT2D eigenvalue weighted by Crippen LogP contribution is 2.27. The number of aliphatic hydroxyl groups is 1. The molecular formula is C21H25N3O3. The van der Waals surface area contributed by atoms with Crippen molar-refractivity contribution in [2.24, 2.45) is 0 Å². The monoisotopic (exact) mass is 367 g/mol. The summed E-state index contributed by atoms with van der Waals surface area (Å²) in [5, 5.41) is 18.7. The molecular weight excluding hydrogens is 342 g/mol. The van der Waals surface area contributed by atoms with E-state index in [4.69, 9.17) is 4.74 Å². The third kappa shape index (κ3) is 4.34. The average Bonchev–Trinajstić information content (AvgIpc) is 2.62. The smallest absolute Gasteiger partial charge is 0.277 e. The van der Waals surface area contributed by atoms with Gasteiger partial charge in [0.1, 0.15) is 24.0 Å². The van der Waals surface area contributed by atoms with E-state index >= 15 is 0 Å². The number of aliphatic hydroxyl groups excluding tert-OH is 1. The van der Waals surface area contributed by atoms with Gasteiger partial charge in [0.15, 0.2) is 0 Å². The third-order valence-electron chi connectivity index (χ3n) is 4.49. The first-order valence-corrected chi connectivity index (χ1v) is 9.00. The third-order valence-corrected chi connectivity index (χ3v) is 4.49. The molecule has 0 radical (unpaired) electrons. The van der Waals surface area contributed by atoms with E-state index in [1.165, 1.54) is 10.2 Å².